The van der Waals surface area contributed by atoms with Gasteiger partial charge in [0.15, 0.2) is 5.78 Å². The number of nitrogens with zero attached hydrogens (tertiary/aromatic N) is 1. The minimum absolute atomic E-state index is 0.0526. The van der Waals surface area contributed by atoms with Crippen LogP contribution in [0.1, 0.15) is 32.6 Å². The monoisotopic (exact) mass is 225 g/mol. The van der Waals surface area contributed by atoms with Crippen LogP contribution in [-0.2, 0) is 0 Å². The Kier molecular flexibility index (Phi) is 3.05. The maximum Gasteiger partial charge on any atom is 0.195 e. The van der Waals surface area contributed by atoms with Gasteiger partial charge in [0, 0.05) is 23.5 Å². The highest BCUT2D eigenvalue weighted by molar-refractivity contribution is 6.10. The summed E-state index contributed by atoms with van der Waals surface area (Å²) in [5, 5.41) is 0. The van der Waals surface area contributed by atoms with Gasteiger partial charge in [0.05, 0.1) is 0 Å². The molecule has 2 rings (SSSR count). The van der Waals surface area contributed by atoms with Crippen LogP contribution in [0, 0.1) is 20.8 Å². The molecular weight excluding hydrogens is 210 g/mol. The van der Waals surface area contributed by atoms with Gasteiger partial charge in [-0.3, -0.25) is 9.78 Å². The molecule has 0 spiro atoms. The molecule has 1 heterocycles. The zero-order valence-electron chi connectivity index (χ0n) is 10.3. The predicted molar refractivity (Wildman–Crippen MR) is 68.3 cm³/mol. The van der Waals surface area contributed by atoms with E-state index in [1.54, 1.807) is 12.4 Å². The van der Waals surface area contributed by atoms with Gasteiger partial charge in [-0.2, -0.15) is 0 Å². The molecule has 0 unspecified atom stereocenters. The van der Waals surface area contributed by atoms with Crippen molar-refractivity contribution in [3.05, 3.63) is 64.5 Å². The summed E-state index contributed by atoms with van der Waals surface area (Å²) >= 11 is 0. The number of carbonyl (C=O) groups excluding carboxylic acids is 1. The van der Waals surface area contributed by atoms with Gasteiger partial charge < -0.3 is 0 Å². The highest BCUT2D eigenvalue weighted by Crippen LogP contribution is 2.17. The number of benzene rings is 1. The molecule has 2 heteroatoms. The van der Waals surface area contributed by atoms with E-state index in [9.17, 15) is 4.79 Å². The molecule has 0 bridgehead atoms. The van der Waals surface area contributed by atoms with Crippen LogP contribution in [0.5, 0.6) is 0 Å². The van der Waals surface area contributed by atoms with Gasteiger partial charge in [0.1, 0.15) is 0 Å². The van der Waals surface area contributed by atoms with Gasteiger partial charge in [-0.15, -0.1) is 0 Å². The van der Waals surface area contributed by atoms with Crippen LogP contribution >= 0.6 is 0 Å². The number of aryl methyl sites for hydroxylation is 3. The molecule has 2 aromatic rings. The fourth-order valence-corrected chi connectivity index (χ4v) is 1.83. The highest BCUT2D eigenvalue weighted by Gasteiger charge is 2.13. The topological polar surface area (TPSA) is 30.0 Å². The first kappa shape index (κ1) is 11.5. The van der Waals surface area contributed by atoms with Gasteiger partial charge in [-0.1, -0.05) is 17.7 Å². The Morgan fingerprint density at radius 1 is 1.00 bits per heavy atom. The Bertz CT molecular complexity index is 573. The number of aromatic nitrogens is 1. The van der Waals surface area contributed by atoms with Gasteiger partial charge in [-0.25, -0.2) is 0 Å². The van der Waals surface area contributed by atoms with Crippen molar-refractivity contribution in [3.63, 3.8) is 0 Å². The van der Waals surface area contributed by atoms with Crippen LogP contribution in [0.2, 0.25) is 0 Å². The third kappa shape index (κ3) is 2.26. The second-order valence-electron chi connectivity index (χ2n) is 4.34. The van der Waals surface area contributed by atoms with Crippen molar-refractivity contribution in [3.8, 4) is 0 Å². The summed E-state index contributed by atoms with van der Waals surface area (Å²) in [4.78, 5) is 16.4. The van der Waals surface area contributed by atoms with Crippen molar-refractivity contribution in [2.24, 2.45) is 0 Å². The van der Waals surface area contributed by atoms with Gasteiger partial charge in [-0.05, 0) is 44.0 Å². The van der Waals surface area contributed by atoms with E-state index >= 15 is 0 Å². The van der Waals surface area contributed by atoms with Crippen molar-refractivity contribution >= 4 is 5.78 Å². The van der Waals surface area contributed by atoms with E-state index in [-0.39, 0.29) is 5.78 Å². The fraction of sp³-hybridized carbons (Fsp3) is 0.200. The van der Waals surface area contributed by atoms with E-state index in [0.29, 0.717) is 5.56 Å². The molecule has 0 fully saturated rings. The second-order valence-corrected chi connectivity index (χ2v) is 4.34. The number of hydrogen-bond acceptors (Lipinski definition) is 2. The molecule has 1 aromatic heterocycles. The van der Waals surface area contributed by atoms with Crippen molar-refractivity contribution in [1.82, 2.24) is 4.98 Å². The SMILES string of the molecule is Cc1ccc(C)c(C(=O)c2cnccc2C)c1. The first-order chi connectivity index (χ1) is 8.09. The molecular formula is C15H15NO. The molecule has 1 aromatic carbocycles. The summed E-state index contributed by atoms with van der Waals surface area (Å²) in [5.74, 6) is 0.0526. The fourth-order valence-electron chi connectivity index (χ4n) is 1.83. The van der Waals surface area contributed by atoms with Crippen LogP contribution in [0.25, 0.3) is 0 Å². The summed E-state index contributed by atoms with van der Waals surface area (Å²) < 4.78 is 0. The molecule has 2 nitrogen and oxygen atoms in total. The lowest BCUT2D eigenvalue weighted by atomic mass is 9.96. The van der Waals surface area contributed by atoms with E-state index in [0.717, 1.165) is 22.3 Å². The molecule has 0 aliphatic heterocycles. The third-order valence-corrected chi connectivity index (χ3v) is 2.92. The van der Waals surface area contributed by atoms with Gasteiger partial charge >= 0.3 is 0 Å². The van der Waals surface area contributed by atoms with Crippen LogP contribution in [-0.4, -0.2) is 10.8 Å². The standard InChI is InChI=1S/C15H15NO/c1-10-4-5-11(2)13(8-10)15(17)14-9-16-7-6-12(14)3/h4-9H,1-3H3. The summed E-state index contributed by atoms with van der Waals surface area (Å²) in [6.45, 7) is 5.88. The summed E-state index contributed by atoms with van der Waals surface area (Å²) in [6.07, 6.45) is 3.34. The zero-order chi connectivity index (χ0) is 12.4. The Hall–Kier alpha value is -1.96. The molecule has 0 radical (unpaired) electrons. The van der Waals surface area contributed by atoms with E-state index in [4.69, 9.17) is 0 Å². The van der Waals surface area contributed by atoms with E-state index < -0.39 is 0 Å². The lowest BCUT2D eigenvalue weighted by Gasteiger charge is -2.08. The summed E-state index contributed by atoms with van der Waals surface area (Å²) in [5.41, 5.74) is 4.51. The highest BCUT2D eigenvalue weighted by atomic mass is 16.1. The van der Waals surface area contributed by atoms with Gasteiger partial charge in [0.2, 0.25) is 0 Å². The quantitative estimate of drug-likeness (QED) is 0.734. The second kappa shape index (κ2) is 4.50. The number of pyridine rings is 1. The zero-order valence-corrected chi connectivity index (χ0v) is 10.3. The lowest BCUT2D eigenvalue weighted by molar-refractivity contribution is 0.103. The lowest BCUT2D eigenvalue weighted by Crippen LogP contribution is -2.06. The van der Waals surface area contributed by atoms with E-state index in [1.807, 2.05) is 45.0 Å². The molecule has 0 amide bonds. The Morgan fingerprint density at radius 3 is 2.41 bits per heavy atom. The normalized spacial score (nSPS) is 10.3. The molecule has 0 aliphatic rings. The number of ketones is 1. The largest absolute Gasteiger partial charge is 0.289 e. The van der Waals surface area contributed by atoms with Crippen LogP contribution < -0.4 is 0 Å². The molecule has 0 saturated heterocycles. The first-order valence-corrected chi connectivity index (χ1v) is 5.62. The maximum atomic E-state index is 12.4. The average molecular weight is 225 g/mol. The van der Waals surface area contributed by atoms with Crippen molar-refractivity contribution in [2.75, 3.05) is 0 Å². The van der Waals surface area contributed by atoms with Crippen molar-refractivity contribution in [2.45, 2.75) is 20.8 Å². The molecule has 0 aliphatic carbocycles. The van der Waals surface area contributed by atoms with Crippen LogP contribution in [0.4, 0.5) is 0 Å². The summed E-state index contributed by atoms with van der Waals surface area (Å²) in [6, 6.07) is 7.79. The predicted octanol–water partition coefficient (Wildman–Crippen LogP) is 3.24. The van der Waals surface area contributed by atoms with E-state index in [2.05, 4.69) is 4.98 Å². The van der Waals surface area contributed by atoms with Crippen LogP contribution in [0.15, 0.2) is 36.7 Å². The molecule has 0 saturated carbocycles. The Labute approximate surface area is 101 Å². The smallest absolute Gasteiger partial charge is 0.195 e. The van der Waals surface area contributed by atoms with Crippen LogP contribution in [0.3, 0.4) is 0 Å². The van der Waals surface area contributed by atoms with Gasteiger partial charge in [0.25, 0.3) is 0 Å². The molecule has 17 heavy (non-hydrogen) atoms. The van der Waals surface area contributed by atoms with Crippen molar-refractivity contribution in [1.29, 1.82) is 0 Å². The summed E-state index contributed by atoms with van der Waals surface area (Å²) in [7, 11) is 0. The van der Waals surface area contributed by atoms with E-state index in [1.165, 1.54) is 0 Å². The Morgan fingerprint density at radius 2 is 1.71 bits per heavy atom. The maximum absolute atomic E-state index is 12.4. The number of rotatable bonds is 2. The molecule has 86 valence electrons. The molecule has 0 atom stereocenters. The third-order valence-electron chi connectivity index (χ3n) is 2.92. The number of hydrogen-bond donors (Lipinski definition) is 0. The first-order valence-electron chi connectivity index (χ1n) is 5.62. The van der Waals surface area contributed by atoms with Crippen molar-refractivity contribution < 1.29 is 4.79 Å². The number of carbonyl (C=O) groups is 1. The minimum Gasteiger partial charge on any atom is -0.289 e. The Balaban J connectivity index is 2.51. The minimum atomic E-state index is 0.0526. The average Bonchev–Trinajstić information content (AvgIpc) is 2.32. The molecule has 0 N–H and O–H groups in total.